The molecule has 0 aliphatic carbocycles. The van der Waals surface area contributed by atoms with E-state index in [1.54, 1.807) is 0 Å². The average molecular weight is 301 g/mol. The molecule has 3 heteroatoms. The van der Waals surface area contributed by atoms with Gasteiger partial charge < -0.3 is 5.32 Å². The van der Waals surface area contributed by atoms with Crippen LogP contribution in [0.1, 0.15) is 31.7 Å². The standard InChI is InChI=1S/C18H21ClN2/c1-2-18(7-4-8-20-13-18)16-9-15(11-21-12-16)14-5-3-6-17(19)10-14/h3,5-6,9-12,20H,2,4,7-8,13H2,1H3. The molecule has 1 aliphatic rings. The van der Waals surface area contributed by atoms with Crippen LogP contribution in [0, 0.1) is 0 Å². The first-order chi connectivity index (χ1) is 10.2. The average Bonchev–Trinajstić information content (AvgIpc) is 2.55. The fraction of sp³-hybridized carbons (Fsp3) is 0.389. The van der Waals surface area contributed by atoms with Gasteiger partial charge in [0.2, 0.25) is 0 Å². The summed E-state index contributed by atoms with van der Waals surface area (Å²) in [5.41, 5.74) is 3.84. The van der Waals surface area contributed by atoms with Crippen molar-refractivity contribution in [2.45, 2.75) is 31.6 Å². The number of benzene rings is 1. The highest BCUT2D eigenvalue weighted by Gasteiger charge is 2.32. The van der Waals surface area contributed by atoms with Crippen LogP contribution in [0.5, 0.6) is 0 Å². The highest BCUT2D eigenvalue weighted by molar-refractivity contribution is 6.30. The Hall–Kier alpha value is -1.38. The summed E-state index contributed by atoms with van der Waals surface area (Å²) in [5, 5.41) is 4.31. The maximum Gasteiger partial charge on any atom is 0.0412 e. The summed E-state index contributed by atoms with van der Waals surface area (Å²) in [5.74, 6) is 0. The lowest BCUT2D eigenvalue weighted by Gasteiger charge is -2.37. The minimum Gasteiger partial charge on any atom is -0.316 e. The van der Waals surface area contributed by atoms with Crippen molar-refractivity contribution in [1.82, 2.24) is 10.3 Å². The number of nitrogens with zero attached hydrogens (tertiary/aromatic N) is 1. The first-order valence-corrected chi connectivity index (χ1v) is 8.03. The van der Waals surface area contributed by atoms with Gasteiger partial charge in [0.15, 0.2) is 0 Å². The van der Waals surface area contributed by atoms with Crippen LogP contribution in [0.4, 0.5) is 0 Å². The Kier molecular flexibility index (Phi) is 4.27. The van der Waals surface area contributed by atoms with E-state index in [-0.39, 0.29) is 5.41 Å². The Balaban J connectivity index is 1.99. The second-order valence-electron chi connectivity index (χ2n) is 5.89. The molecule has 0 saturated carbocycles. The lowest BCUT2D eigenvalue weighted by molar-refractivity contribution is 0.302. The lowest BCUT2D eigenvalue weighted by atomic mass is 9.73. The lowest BCUT2D eigenvalue weighted by Crippen LogP contribution is -2.43. The minimum atomic E-state index is 0.222. The molecule has 1 N–H and O–H groups in total. The molecule has 21 heavy (non-hydrogen) atoms. The molecule has 3 rings (SSSR count). The number of pyridine rings is 1. The van der Waals surface area contributed by atoms with Crippen molar-refractivity contribution in [2.24, 2.45) is 0 Å². The quantitative estimate of drug-likeness (QED) is 0.907. The van der Waals surface area contributed by atoms with E-state index in [4.69, 9.17) is 11.6 Å². The van der Waals surface area contributed by atoms with Gasteiger partial charge in [-0.15, -0.1) is 0 Å². The van der Waals surface area contributed by atoms with Gasteiger partial charge in [0.1, 0.15) is 0 Å². The summed E-state index contributed by atoms with van der Waals surface area (Å²) in [6.45, 7) is 4.45. The summed E-state index contributed by atoms with van der Waals surface area (Å²) < 4.78 is 0. The topological polar surface area (TPSA) is 24.9 Å². The van der Waals surface area contributed by atoms with E-state index in [0.717, 1.165) is 35.7 Å². The summed E-state index contributed by atoms with van der Waals surface area (Å²) in [6.07, 6.45) is 7.56. The third kappa shape index (κ3) is 2.97. The van der Waals surface area contributed by atoms with E-state index in [0.29, 0.717) is 0 Å². The zero-order valence-corrected chi connectivity index (χ0v) is 13.2. The smallest absolute Gasteiger partial charge is 0.0412 e. The normalized spacial score (nSPS) is 22.2. The molecular formula is C18H21ClN2. The molecule has 0 amide bonds. The van der Waals surface area contributed by atoms with Crippen LogP contribution in [0.25, 0.3) is 11.1 Å². The third-order valence-electron chi connectivity index (χ3n) is 4.66. The maximum atomic E-state index is 6.11. The molecule has 1 aromatic carbocycles. The SMILES string of the molecule is CCC1(c2cncc(-c3cccc(Cl)c3)c2)CCCNC1. The molecule has 2 nitrogen and oxygen atoms in total. The van der Waals surface area contributed by atoms with Crippen molar-refractivity contribution in [1.29, 1.82) is 0 Å². The summed E-state index contributed by atoms with van der Waals surface area (Å²) >= 11 is 6.11. The molecule has 0 bridgehead atoms. The summed E-state index contributed by atoms with van der Waals surface area (Å²) in [4.78, 5) is 4.49. The van der Waals surface area contributed by atoms with Gasteiger partial charge in [-0.3, -0.25) is 4.98 Å². The first kappa shape index (κ1) is 14.6. The Morgan fingerprint density at radius 2 is 2.14 bits per heavy atom. The molecule has 0 radical (unpaired) electrons. The molecule has 2 heterocycles. The fourth-order valence-corrected chi connectivity index (χ4v) is 3.47. The van der Waals surface area contributed by atoms with Crippen molar-refractivity contribution < 1.29 is 0 Å². The van der Waals surface area contributed by atoms with E-state index in [1.807, 2.05) is 30.6 Å². The molecule has 2 aromatic rings. The van der Waals surface area contributed by atoms with Gasteiger partial charge in [0, 0.05) is 34.9 Å². The molecule has 110 valence electrons. The van der Waals surface area contributed by atoms with E-state index in [1.165, 1.54) is 18.4 Å². The zero-order valence-electron chi connectivity index (χ0n) is 12.4. The van der Waals surface area contributed by atoms with Gasteiger partial charge in [-0.1, -0.05) is 30.7 Å². The summed E-state index contributed by atoms with van der Waals surface area (Å²) in [6, 6.07) is 10.3. The number of piperidine rings is 1. The Labute approximate surface area is 131 Å². The highest BCUT2D eigenvalue weighted by atomic mass is 35.5. The molecular weight excluding hydrogens is 280 g/mol. The molecule has 1 aromatic heterocycles. The molecule has 1 unspecified atom stereocenters. The Morgan fingerprint density at radius 3 is 2.86 bits per heavy atom. The number of aromatic nitrogens is 1. The van der Waals surface area contributed by atoms with Crippen LogP contribution in [-0.2, 0) is 5.41 Å². The largest absolute Gasteiger partial charge is 0.316 e. The number of hydrogen-bond acceptors (Lipinski definition) is 2. The Morgan fingerprint density at radius 1 is 1.24 bits per heavy atom. The number of halogens is 1. The third-order valence-corrected chi connectivity index (χ3v) is 4.89. The van der Waals surface area contributed by atoms with Crippen LogP contribution in [0.3, 0.4) is 0 Å². The van der Waals surface area contributed by atoms with Crippen molar-refractivity contribution in [3.05, 3.63) is 53.3 Å². The van der Waals surface area contributed by atoms with Crippen LogP contribution in [-0.4, -0.2) is 18.1 Å². The van der Waals surface area contributed by atoms with Crippen molar-refractivity contribution in [2.75, 3.05) is 13.1 Å². The monoisotopic (exact) mass is 300 g/mol. The van der Waals surface area contributed by atoms with Crippen LogP contribution >= 0.6 is 11.6 Å². The number of rotatable bonds is 3. The first-order valence-electron chi connectivity index (χ1n) is 7.66. The van der Waals surface area contributed by atoms with E-state index in [2.05, 4.69) is 29.4 Å². The second kappa shape index (κ2) is 6.17. The summed E-state index contributed by atoms with van der Waals surface area (Å²) in [7, 11) is 0. The van der Waals surface area contributed by atoms with E-state index in [9.17, 15) is 0 Å². The molecule has 1 saturated heterocycles. The second-order valence-corrected chi connectivity index (χ2v) is 6.32. The number of nitrogens with one attached hydrogen (secondary N) is 1. The van der Waals surface area contributed by atoms with E-state index < -0.39 is 0 Å². The minimum absolute atomic E-state index is 0.222. The molecule has 1 atom stereocenters. The van der Waals surface area contributed by atoms with Gasteiger partial charge in [0.25, 0.3) is 0 Å². The molecule has 1 aliphatic heterocycles. The molecule has 1 fully saturated rings. The fourth-order valence-electron chi connectivity index (χ4n) is 3.28. The van der Waals surface area contributed by atoms with Gasteiger partial charge in [-0.25, -0.2) is 0 Å². The van der Waals surface area contributed by atoms with Crippen LogP contribution in [0.2, 0.25) is 5.02 Å². The van der Waals surface area contributed by atoms with Crippen molar-refractivity contribution >= 4 is 11.6 Å². The molecule has 0 spiro atoms. The van der Waals surface area contributed by atoms with Crippen LogP contribution < -0.4 is 5.32 Å². The predicted molar refractivity (Wildman–Crippen MR) is 88.8 cm³/mol. The predicted octanol–water partition coefficient (Wildman–Crippen LogP) is 4.43. The van der Waals surface area contributed by atoms with Gasteiger partial charge in [-0.2, -0.15) is 0 Å². The van der Waals surface area contributed by atoms with Gasteiger partial charge in [-0.05, 0) is 55.1 Å². The van der Waals surface area contributed by atoms with Crippen LogP contribution in [0.15, 0.2) is 42.7 Å². The highest BCUT2D eigenvalue weighted by Crippen LogP contribution is 2.36. The zero-order chi connectivity index (χ0) is 14.7. The van der Waals surface area contributed by atoms with E-state index >= 15 is 0 Å². The van der Waals surface area contributed by atoms with Crippen molar-refractivity contribution in [3.8, 4) is 11.1 Å². The van der Waals surface area contributed by atoms with Gasteiger partial charge >= 0.3 is 0 Å². The van der Waals surface area contributed by atoms with Crippen molar-refractivity contribution in [3.63, 3.8) is 0 Å². The maximum absolute atomic E-state index is 6.11. The number of hydrogen-bond donors (Lipinski definition) is 1. The Bertz CT molecular complexity index is 618. The van der Waals surface area contributed by atoms with Gasteiger partial charge in [0.05, 0.1) is 0 Å².